The highest BCUT2D eigenvalue weighted by molar-refractivity contribution is 6.03. The van der Waals surface area contributed by atoms with Gasteiger partial charge in [0, 0.05) is 24.5 Å². The second-order valence-corrected chi connectivity index (χ2v) is 6.20. The molecule has 0 atom stereocenters. The highest BCUT2D eigenvalue weighted by atomic mass is 16.5. The van der Waals surface area contributed by atoms with E-state index >= 15 is 0 Å². The van der Waals surface area contributed by atoms with E-state index in [1.54, 1.807) is 37.3 Å². The highest BCUT2D eigenvalue weighted by Crippen LogP contribution is 2.13. The number of likely N-dealkylation sites (N-methyl/N-ethyl adjacent to an activating group) is 1. The van der Waals surface area contributed by atoms with Gasteiger partial charge in [-0.3, -0.25) is 4.79 Å². The maximum absolute atomic E-state index is 12.5. The van der Waals surface area contributed by atoms with Crippen molar-refractivity contribution < 1.29 is 14.3 Å². The van der Waals surface area contributed by atoms with Gasteiger partial charge >= 0.3 is 5.97 Å². The first-order valence-electron chi connectivity index (χ1n) is 8.72. The van der Waals surface area contributed by atoms with Crippen LogP contribution in [0, 0.1) is 6.92 Å². The minimum absolute atomic E-state index is 0.268. The number of anilines is 2. The van der Waals surface area contributed by atoms with Crippen molar-refractivity contribution in [2.45, 2.75) is 13.8 Å². The Balaban J connectivity index is 2.04. The van der Waals surface area contributed by atoms with Gasteiger partial charge in [0.25, 0.3) is 5.91 Å². The Morgan fingerprint density at radius 1 is 1.15 bits per heavy atom. The van der Waals surface area contributed by atoms with E-state index in [9.17, 15) is 9.59 Å². The summed E-state index contributed by atoms with van der Waals surface area (Å²) >= 11 is 0. The molecule has 0 fully saturated rings. The number of hydrogen-bond acceptors (Lipinski definition) is 7. The van der Waals surface area contributed by atoms with Crippen LogP contribution < -0.4 is 10.6 Å². The number of hydrogen-bond donors (Lipinski definition) is 2. The number of ether oxygens (including phenoxy) is 1. The van der Waals surface area contributed by atoms with Gasteiger partial charge < -0.3 is 20.3 Å². The van der Waals surface area contributed by atoms with Crippen LogP contribution in [0.1, 0.15) is 33.5 Å². The van der Waals surface area contributed by atoms with Gasteiger partial charge in [-0.15, -0.1) is 0 Å². The Kier molecular flexibility index (Phi) is 7.25. The normalized spacial score (nSPS) is 10.6. The molecule has 0 spiro atoms. The SMILES string of the molecule is CCOC(=O)c1ccc(NC(=O)c2cc(C)nc(NCCN(C)C)n2)cc1. The van der Waals surface area contributed by atoms with Crippen molar-refractivity contribution in [3.05, 3.63) is 47.3 Å². The van der Waals surface area contributed by atoms with Crippen LogP contribution in [-0.2, 0) is 4.74 Å². The minimum Gasteiger partial charge on any atom is -0.462 e. The second kappa shape index (κ2) is 9.63. The average Bonchev–Trinajstić information content (AvgIpc) is 2.61. The number of aryl methyl sites for hydroxylation is 1. The van der Waals surface area contributed by atoms with Crippen molar-refractivity contribution in [3.63, 3.8) is 0 Å². The van der Waals surface area contributed by atoms with Gasteiger partial charge in [0.2, 0.25) is 5.95 Å². The molecule has 8 heteroatoms. The standard InChI is InChI=1S/C19H25N5O3/c1-5-27-18(26)14-6-8-15(9-7-14)22-17(25)16-12-13(2)21-19(23-16)20-10-11-24(3)4/h6-9,12H,5,10-11H2,1-4H3,(H,22,25)(H,20,21,23). The lowest BCUT2D eigenvalue weighted by Gasteiger charge is -2.11. The zero-order chi connectivity index (χ0) is 19.8. The number of nitrogens with one attached hydrogen (secondary N) is 2. The zero-order valence-corrected chi connectivity index (χ0v) is 16.1. The Morgan fingerprint density at radius 2 is 1.85 bits per heavy atom. The summed E-state index contributed by atoms with van der Waals surface area (Å²) < 4.78 is 4.94. The number of carbonyl (C=O) groups is 2. The first-order chi connectivity index (χ1) is 12.9. The van der Waals surface area contributed by atoms with Crippen LogP contribution in [-0.4, -0.2) is 60.5 Å². The molecular weight excluding hydrogens is 346 g/mol. The summed E-state index contributed by atoms with van der Waals surface area (Å²) in [6, 6.07) is 8.13. The van der Waals surface area contributed by atoms with Gasteiger partial charge in [0.05, 0.1) is 12.2 Å². The number of amides is 1. The predicted molar refractivity (Wildman–Crippen MR) is 104 cm³/mol. The maximum Gasteiger partial charge on any atom is 0.338 e. The number of esters is 1. The summed E-state index contributed by atoms with van der Waals surface area (Å²) in [6.07, 6.45) is 0. The Bertz CT molecular complexity index is 790. The lowest BCUT2D eigenvalue weighted by molar-refractivity contribution is 0.0526. The van der Waals surface area contributed by atoms with Gasteiger partial charge in [-0.1, -0.05) is 0 Å². The predicted octanol–water partition coefficient (Wildman–Crippen LogP) is 2.19. The van der Waals surface area contributed by atoms with Crippen LogP contribution in [0.5, 0.6) is 0 Å². The van der Waals surface area contributed by atoms with Crippen LogP contribution in [0.3, 0.4) is 0 Å². The van der Waals surface area contributed by atoms with E-state index in [1.807, 2.05) is 25.9 Å². The van der Waals surface area contributed by atoms with Crippen molar-refractivity contribution >= 4 is 23.5 Å². The molecule has 2 N–H and O–H groups in total. The third-order valence-electron chi connectivity index (χ3n) is 3.58. The molecule has 144 valence electrons. The largest absolute Gasteiger partial charge is 0.462 e. The summed E-state index contributed by atoms with van der Waals surface area (Å²) in [7, 11) is 3.95. The van der Waals surface area contributed by atoms with Gasteiger partial charge in [0.15, 0.2) is 0 Å². The fraction of sp³-hybridized carbons (Fsp3) is 0.368. The van der Waals surface area contributed by atoms with E-state index in [-0.39, 0.29) is 11.6 Å². The zero-order valence-electron chi connectivity index (χ0n) is 16.1. The van der Waals surface area contributed by atoms with Crippen molar-refractivity contribution in [2.75, 3.05) is 44.4 Å². The number of benzene rings is 1. The molecule has 1 aromatic carbocycles. The fourth-order valence-corrected chi connectivity index (χ4v) is 2.25. The number of carbonyl (C=O) groups excluding carboxylic acids is 2. The first-order valence-corrected chi connectivity index (χ1v) is 8.72. The summed E-state index contributed by atoms with van der Waals surface area (Å²) in [5, 5.41) is 5.88. The summed E-state index contributed by atoms with van der Waals surface area (Å²) in [6.45, 7) is 5.37. The average molecular weight is 371 g/mol. The molecule has 8 nitrogen and oxygen atoms in total. The van der Waals surface area contributed by atoms with Gasteiger partial charge in [-0.25, -0.2) is 14.8 Å². The number of rotatable bonds is 8. The molecule has 1 aromatic heterocycles. The summed E-state index contributed by atoms with van der Waals surface area (Å²) in [5.41, 5.74) is 1.95. The molecular formula is C19H25N5O3. The minimum atomic E-state index is -0.393. The lowest BCUT2D eigenvalue weighted by Crippen LogP contribution is -2.22. The van der Waals surface area contributed by atoms with Crippen LogP contribution in [0.15, 0.2) is 30.3 Å². The third kappa shape index (κ3) is 6.34. The Hall–Kier alpha value is -3.00. The quantitative estimate of drug-likeness (QED) is 0.687. The topological polar surface area (TPSA) is 96.4 Å². The second-order valence-electron chi connectivity index (χ2n) is 6.20. The van der Waals surface area contributed by atoms with E-state index in [0.717, 1.165) is 6.54 Å². The van der Waals surface area contributed by atoms with Crippen LogP contribution in [0.25, 0.3) is 0 Å². The summed E-state index contributed by atoms with van der Waals surface area (Å²) in [4.78, 5) is 34.8. The van der Waals surface area contributed by atoms with Crippen molar-refractivity contribution in [1.82, 2.24) is 14.9 Å². The van der Waals surface area contributed by atoms with Gasteiger partial charge in [-0.2, -0.15) is 0 Å². The van der Waals surface area contributed by atoms with E-state index < -0.39 is 5.97 Å². The molecule has 0 aliphatic rings. The van der Waals surface area contributed by atoms with E-state index in [0.29, 0.717) is 36.0 Å². The molecule has 0 unspecified atom stereocenters. The van der Waals surface area contributed by atoms with Crippen LogP contribution in [0.2, 0.25) is 0 Å². The monoisotopic (exact) mass is 371 g/mol. The fourth-order valence-electron chi connectivity index (χ4n) is 2.25. The molecule has 0 aliphatic carbocycles. The van der Waals surface area contributed by atoms with E-state index in [4.69, 9.17) is 4.74 Å². The first kappa shape index (κ1) is 20.3. The maximum atomic E-state index is 12.5. The third-order valence-corrected chi connectivity index (χ3v) is 3.58. The van der Waals surface area contributed by atoms with Crippen LogP contribution >= 0.6 is 0 Å². The molecule has 1 amide bonds. The van der Waals surface area contributed by atoms with Gasteiger partial charge in [-0.05, 0) is 58.3 Å². The van der Waals surface area contributed by atoms with E-state index in [2.05, 4.69) is 20.6 Å². The molecule has 27 heavy (non-hydrogen) atoms. The molecule has 0 radical (unpaired) electrons. The molecule has 2 aromatic rings. The molecule has 0 bridgehead atoms. The Labute approximate surface area is 159 Å². The van der Waals surface area contributed by atoms with Crippen molar-refractivity contribution in [1.29, 1.82) is 0 Å². The van der Waals surface area contributed by atoms with E-state index in [1.165, 1.54) is 0 Å². The molecule has 0 saturated heterocycles. The highest BCUT2D eigenvalue weighted by Gasteiger charge is 2.12. The van der Waals surface area contributed by atoms with Crippen LogP contribution in [0.4, 0.5) is 11.6 Å². The number of nitrogens with zero attached hydrogens (tertiary/aromatic N) is 3. The Morgan fingerprint density at radius 3 is 2.48 bits per heavy atom. The number of aromatic nitrogens is 2. The molecule has 2 rings (SSSR count). The molecule has 0 aliphatic heterocycles. The smallest absolute Gasteiger partial charge is 0.338 e. The van der Waals surface area contributed by atoms with Crippen molar-refractivity contribution in [2.24, 2.45) is 0 Å². The molecule has 0 saturated carbocycles. The van der Waals surface area contributed by atoms with Crippen molar-refractivity contribution in [3.8, 4) is 0 Å². The molecule has 1 heterocycles. The lowest BCUT2D eigenvalue weighted by atomic mass is 10.2. The summed E-state index contributed by atoms with van der Waals surface area (Å²) in [5.74, 6) is -0.324. The van der Waals surface area contributed by atoms with Gasteiger partial charge in [0.1, 0.15) is 5.69 Å².